The minimum absolute atomic E-state index is 0.0555. The highest BCUT2D eigenvalue weighted by molar-refractivity contribution is 5.74. The number of hydrogen-bond donors (Lipinski definition) is 1. The van der Waals surface area contributed by atoms with Crippen LogP contribution >= 0.6 is 0 Å². The molecule has 1 saturated heterocycles. The van der Waals surface area contributed by atoms with E-state index in [-0.39, 0.29) is 17.8 Å². The number of halogens is 1. The summed E-state index contributed by atoms with van der Waals surface area (Å²) in [5, 5.41) is 13.7. The number of ether oxygens (including phenoxy) is 2. The zero-order valence-corrected chi connectivity index (χ0v) is 19.5. The summed E-state index contributed by atoms with van der Waals surface area (Å²) < 4.78 is 25.3. The van der Waals surface area contributed by atoms with Crippen LogP contribution in [0.2, 0.25) is 0 Å². The van der Waals surface area contributed by atoms with Crippen molar-refractivity contribution >= 4 is 23.4 Å². The van der Waals surface area contributed by atoms with Gasteiger partial charge in [-0.2, -0.15) is 0 Å². The monoisotopic (exact) mass is 453 g/mol. The number of alkyl carbamates (subject to hydrolysis) is 1. The highest BCUT2D eigenvalue weighted by Gasteiger charge is 2.40. The Kier molecular flexibility index (Phi) is 7.36. The summed E-state index contributed by atoms with van der Waals surface area (Å²) >= 11 is 0. The molecule has 32 heavy (non-hydrogen) atoms. The lowest BCUT2D eigenvalue weighted by molar-refractivity contribution is -0.385. The molecule has 178 valence electrons. The molecule has 0 aromatic heterocycles. The summed E-state index contributed by atoms with van der Waals surface area (Å²) in [4.78, 5) is 37.0. The highest BCUT2D eigenvalue weighted by atomic mass is 19.1. The zero-order chi connectivity index (χ0) is 24.3. The molecule has 1 aromatic carbocycles. The van der Waals surface area contributed by atoms with Crippen molar-refractivity contribution in [2.45, 2.75) is 77.5 Å². The maximum atomic E-state index is 14.5. The Morgan fingerprint density at radius 2 is 1.69 bits per heavy atom. The van der Waals surface area contributed by atoms with Crippen molar-refractivity contribution in [1.29, 1.82) is 0 Å². The third-order valence-electron chi connectivity index (χ3n) is 4.87. The van der Waals surface area contributed by atoms with Gasteiger partial charge >= 0.3 is 12.1 Å². The first-order valence-corrected chi connectivity index (χ1v) is 10.5. The SMILES string of the molecule is CC(C)(C)OC(=O)CC1(NC(=O)OC(C)(C)C)CCN(c2ccc([N+](=O)[O-])cc2F)CC1. The van der Waals surface area contributed by atoms with Crippen LogP contribution in [0.1, 0.15) is 60.8 Å². The Bertz CT molecular complexity index is 835. The first-order chi connectivity index (χ1) is 14.6. The first kappa shape index (κ1) is 25.4. The molecule has 1 fully saturated rings. The normalized spacial score (nSPS) is 16.3. The van der Waals surface area contributed by atoms with Crippen LogP contribution in [-0.2, 0) is 14.3 Å². The van der Waals surface area contributed by atoms with Gasteiger partial charge in [0, 0.05) is 19.2 Å². The fourth-order valence-corrected chi connectivity index (χ4v) is 3.56. The predicted molar refractivity (Wildman–Crippen MR) is 117 cm³/mol. The molecule has 1 amide bonds. The number of piperidine rings is 1. The Balaban J connectivity index is 2.18. The molecule has 0 unspecified atom stereocenters. The number of hydrogen-bond acceptors (Lipinski definition) is 7. The van der Waals surface area contributed by atoms with E-state index in [4.69, 9.17) is 9.47 Å². The number of nitrogens with one attached hydrogen (secondary N) is 1. The zero-order valence-electron chi connectivity index (χ0n) is 19.5. The summed E-state index contributed by atoms with van der Waals surface area (Å²) in [5.41, 5.74) is -2.39. The molecule has 0 spiro atoms. The lowest BCUT2D eigenvalue weighted by atomic mass is 9.84. The summed E-state index contributed by atoms with van der Waals surface area (Å²) in [5.74, 6) is -1.15. The number of benzene rings is 1. The standard InChI is InChI=1S/C22H32FN3O6/c1-20(2,3)31-18(27)14-22(24-19(28)32-21(4,5)6)9-11-25(12-10-22)17-8-7-15(26(29)30)13-16(17)23/h7-8,13H,9-12,14H2,1-6H3,(H,24,28). The molecule has 2 rings (SSSR count). The van der Waals surface area contributed by atoms with E-state index in [2.05, 4.69) is 5.32 Å². The molecule has 9 nitrogen and oxygen atoms in total. The van der Waals surface area contributed by atoms with Crippen molar-refractivity contribution in [2.24, 2.45) is 0 Å². The molecule has 1 heterocycles. The molecule has 0 saturated carbocycles. The van der Waals surface area contributed by atoms with Crippen LogP contribution < -0.4 is 10.2 Å². The van der Waals surface area contributed by atoms with Crippen LogP contribution in [0.4, 0.5) is 20.6 Å². The molecule has 0 aliphatic carbocycles. The number of carbonyl (C=O) groups is 2. The Morgan fingerprint density at radius 3 is 2.16 bits per heavy atom. The number of nitro groups is 1. The number of non-ortho nitro benzene ring substituents is 1. The van der Waals surface area contributed by atoms with E-state index in [0.29, 0.717) is 25.9 Å². The van der Waals surface area contributed by atoms with Gasteiger partial charge in [0.05, 0.1) is 28.6 Å². The Hall–Kier alpha value is -2.91. The second-order valence-corrected chi connectivity index (χ2v) is 10.1. The van der Waals surface area contributed by atoms with Crippen molar-refractivity contribution in [2.75, 3.05) is 18.0 Å². The summed E-state index contributed by atoms with van der Waals surface area (Å²) in [6.45, 7) is 11.2. The number of esters is 1. The molecular weight excluding hydrogens is 421 g/mol. The number of nitro benzene ring substituents is 1. The fourth-order valence-electron chi connectivity index (χ4n) is 3.56. The van der Waals surface area contributed by atoms with E-state index in [9.17, 15) is 24.1 Å². The lowest BCUT2D eigenvalue weighted by Gasteiger charge is -2.43. The Morgan fingerprint density at radius 1 is 1.12 bits per heavy atom. The average molecular weight is 454 g/mol. The van der Waals surface area contributed by atoms with Crippen LogP contribution in [0, 0.1) is 15.9 Å². The van der Waals surface area contributed by atoms with Gasteiger partial charge in [-0.1, -0.05) is 0 Å². The molecular formula is C22H32FN3O6. The second kappa shape index (κ2) is 9.30. The van der Waals surface area contributed by atoms with Crippen LogP contribution in [-0.4, -0.2) is 46.8 Å². The van der Waals surface area contributed by atoms with Crippen LogP contribution in [0.15, 0.2) is 18.2 Å². The quantitative estimate of drug-likeness (QED) is 0.401. The molecule has 10 heteroatoms. The van der Waals surface area contributed by atoms with Crippen LogP contribution in [0.3, 0.4) is 0 Å². The largest absolute Gasteiger partial charge is 0.460 e. The van der Waals surface area contributed by atoms with Gasteiger partial charge in [0.25, 0.3) is 5.69 Å². The van der Waals surface area contributed by atoms with Gasteiger partial charge in [0.1, 0.15) is 11.2 Å². The Labute approximate surface area is 187 Å². The molecule has 1 N–H and O–H groups in total. The van der Waals surface area contributed by atoms with Crippen LogP contribution in [0.5, 0.6) is 0 Å². The minimum atomic E-state index is -0.918. The van der Waals surface area contributed by atoms with Gasteiger partial charge in [-0.25, -0.2) is 9.18 Å². The molecule has 0 atom stereocenters. The van der Waals surface area contributed by atoms with Gasteiger partial charge in [-0.15, -0.1) is 0 Å². The van der Waals surface area contributed by atoms with E-state index < -0.39 is 39.5 Å². The lowest BCUT2D eigenvalue weighted by Crippen LogP contribution is -2.57. The van der Waals surface area contributed by atoms with E-state index >= 15 is 0 Å². The predicted octanol–water partition coefficient (Wildman–Crippen LogP) is 4.33. The number of amides is 1. The average Bonchev–Trinajstić information content (AvgIpc) is 2.59. The van der Waals surface area contributed by atoms with E-state index in [1.807, 2.05) is 0 Å². The van der Waals surface area contributed by atoms with Crippen molar-refractivity contribution in [3.8, 4) is 0 Å². The summed E-state index contributed by atoms with van der Waals surface area (Å²) in [6, 6.07) is 3.51. The minimum Gasteiger partial charge on any atom is -0.460 e. The van der Waals surface area contributed by atoms with Crippen molar-refractivity contribution in [3.05, 3.63) is 34.1 Å². The maximum Gasteiger partial charge on any atom is 0.408 e. The van der Waals surface area contributed by atoms with E-state index in [0.717, 1.165) is 6.07 Å². The van der Waals surface area contributed by atoms with Crippen LogP contribution in [0.25, 0.3) is 0 Å². The third-order valence-corrected chi connectivity index (χ3v) is 4.87. The number of rotatable bonds is 5. The number of carbonyl (C=O) groups excluding carboxylic acids is 2. The van der Waals surface area contributed by atoms with Crippen molar-refractivity contribution < 1.29 is 28.4 Å². The number of nitrogens with zero attached hydrogens (tertiary/aromatic N) is 2. The highest BCUT2D eigenvalue weighted by Crippen LogP contribution is 2.32. The van der Waals surface area contributed by atoms with E-state index in [1.54, 1.807) is 46.4 Å². The van der Waals surface area contributed by atoms with Gasteiger partial charge in [-0.3, -0.25) is 14.9 Å². The van der Waals surface area contributed by atoms with Gasteiger partial charge in [0.15, 0.2) is 5.82 Å². The number of anilines is 1. The first-order valence-electron chi connectivity index (χ1n) is 10.5. The molecule has 0 bridgehead atoms. The fraction of sp³-hybridized carbons (Fsp3) is 0.636. The molecule has 1 aromatic rings. The van der Waals surface area contributed by atoms with Gasteiger partial charge in [-0.05, 0) is 60.5 Å². The summed E-state index contributed by atoms with van der Waals surface area (Å²) in [7, 11) is 0. The molecule has 1 aliphatic heterocycles. The third kappa shape index (κ3) is 7.35. The van der Waals surface area contributed by atoms with E-state index in [1.165, 1.54) is 12.1 Å². The van der Waals surface area contributed by atoms with Crippen molar-refractivity contribution in [1.82, 2.24) is 5.32 Å². The molecule has 0 radical (unpaired) electrons. The maximum absolute atomic E-state index is 14.5. The van der Waals surface area contributed by atoms with Crippen molar-refractivity contribution in [3.63, 3.8) is 0 Å². The topological polar surface area (TPSA) is 111 Å². The molecule has 1 aliphatic rings. The second-order valence-electron chi connectivity index (χ2n) is 10.1. The van der Waals surface area contributed by atoms with Gasteiger partial charge < -0.3 is 19.7 Å². The smallest absolute Gasteiger partial charge is 0.408 e. The van der Waals surface area contributed by atoms with Gasteiger partial charge in [0.2, 0.25) is 0 Å². The summed E-state index contributed by atoms with van der Waals surface area (Å²) in [6.07, 6.45) is -0.0276.